The second-order valence-corrected chi connectivity index (χ2v) is 6.06. The maximum absolute atomic E-state index is 12.6. The van der Waals surface area contributed by atoms with Gasteiger partial charge in [-0.3, -0.25) is 19.9 Å². The Labute approximate surface area is 139 Å². The SMILES string of the molecule is N=C(C1CCN(C(=O)c2ccc(Cl)cc2)C1=O)N1CCOCC1. The number of carbonyl (C=O) groups is 2. The van der Waals surface area contributed by atoms with Crippen molar-refractivity contribution >= 4 is 29.3 Å². The van der Waals surface area contributed by atoms with Crippen molar-refractivity contribution in [3.8, 4) is 0 Å². The molecule has 0 aromatic heterocycles. The van der Waals surface area contributed by atoms with Crippen molar-refractivity contribution in [1.29, 1.82) is 5.41 Å². The molecule has 3 rings (SSSR count). The van der Waals surface area contributed by atoms with Crippen LogP contribution in [0.3, 0.4) is 0 Å². The highest BCUT2D eigenvalue weighted by atomic mass is 35.5. The normalized spacial score (nSPS) is 21.6. The van der Waals surface area contributed by atoms with Crippen LogP contribution >= 0.6 is 11.6 Å². The first kappa shape index (κ1) is 16.0. The molecule has 6 nitrogen and oxygen atoms in total. The van der Waals surface area contributed by atoms with Crippen LogP contribution < -0.4 is 0 Å². The lowest BCUT2D eigenvalue weighted by Crippen LogP contribution is -2.45. The third-order valence-electron chi connectivity index (χ3n) is 4.22. The van der Waals surface area contributed by atoms with Gasteiger partial charge in [-0.05, 0) is 30.7 Å². The summed E-state index contributed by atoms with van der Waals surface area (Å²) in [6.07, 6.45) is 0.494. The molecular weight excluding hydrogens is 318 g/mol. The van der Waals surface area contributed by atoms with E-state index in [-0.39, 0.29) is 11.8 Å². The Balaban J connectivity index is 1.69. The minimum atomic E-state index is -0.538. The van der Waals surface area contributed by atoms with Gasteiger partial charge in [0.15, 0.2) is 0 Å². The summed E-state index contributed by atoms with van der Waals surface area (Å²) in [4.78, 5) is 28.1. The number of likely N-dealkylation sites (tertiary alicyclic amines) is 1. The van der Waals surface area contributed by atoms with Crippen LogP contribution in [0.2, 0.25) is 5.02 Å². The zero-order valence-electron chi connectivity index (χ0n) is 12.6. The summed E-state index contributed by atoms with van der Waals surface area (Å²) >= 11 is 5.82. The van der Waals surface area contributed by atoms with Crippen molar-refractivity contribution < 1.29 is 14.3 Å². The maximum Gasteiger partial charge on any atom is 0.260 e. The number of morpholine rings is 1. The fourth-order valence-electron chi connectivity index (χ4n) is 2.91. The monoisotopic (exact) mass is 335 g/mol. The molecular formula is C16H18ClN3O3. The van der Waals surface area contributed by atoms with Crippen LogP contribution in [-0.4, -0.2) is 60.3 Å². The first-order valence-corrected chi connectivity index (χ1v) is 7.98. The average molecular weight is 336 g/mol. The van der Waals surface area contributed by atoms with Crippen molar-refractivity contribution in [2.75, 3.05) is 32.8 Å². The van der Waals surface area contributed by atoms with Gasteiger partial charge >= 0.3 is 0 Å². The van der Waals surface area contributed by atoms with E-state index < -0.39 is 5.92 Å². The largest absolute Gasteiger partial charge is 0.378 e. The number of carbonyl (C=O) groups excluding carboxylic acids is 2. The molecule has 2 fully saturated rings. The van der Waals surface area contributed by atoms with Crippen LogP contribution in [0.5, 0.6) is 0 Å². The Morgan fingerprint density at radius 2 is 1.83 bits per heavy atom. The van der Waals surface area contributed by atoms with Crippen molar-refractivity contribution in [2.45, 2.75) is 6.42 Å². The predicted octanol–water partition coefficient (Wildman–Crippen LogP) is 1.64. The summed E-state index contributed by atoms with van der Waals surface area (Å²) in [5, 5.41) is 8.81. The molecule has 0 bridgehead atoms. The van der Waals surface area contributed by atoms with Crippen LogP contribution in [0.4, 0.5) is 0 Å². The van der Waals surface area contributed by atoms with Gasteiger partial charge in [0.05, 0.1) is 19.1 Å². The summed E-state index contributed by atoms with van der Waals surface area (Å²) < 4.78 is 5.27. The molecule has 7 heteroatoms. The summed E-state index contributed by atoms with van der Waals surface area (Å²) in [6, 6.07) is 6.47. The number of amidine groups is 1. The van der Waals surface area contributed by atoms with Gasteiger partial charge in [0.1, 0.15) is 5.84 Å². The Morgan fingerprint density at radius 1 is 1.17 bits per heavy atom. The number of benzene rings is 1. The lowest BCUT2D eigenvalue weighted by Gasteiger charge is -2.31. The highest BCUT2D eigenvalue weighted by Gasteiger charge is 2.40. The van der Waals surface area contributed by atoms with Gasteiger partial charge in [-0.25, -0.2) is 0 Å². The molecule has 0 radical (unpaired) electrons. The highest BCUT2D eigenvalue weighted by Crippen LogP contribution is 2.23. The van der Waals surface area contributed by atoms with Gasteiger partial charge in [-0.15, -0.1) is 0 Å². The number of hydrogen-bond donors (Lipinski definition) is 1. The molecule has 0 saturated carbocycles. The van der Waals surface area contributed by atoms with Gasteiger partial charge in [0, 0.05) is 30.2 Å². The number of halogens is 1. The zero-order chi connectivity index (χ0) is 16.4. The van der Waals surface area contributed by atoms with Crippen LogP contribution in [0, 0.1) is 11.3 Å². The number of hydrogen-bond acceptors (Lipinski definition) is 4. The molecule has 122 valence electrons. The molecule has 1 atom stereocenters. The fraction of sp³-hybridized carbons (Fsp3) is 0.438. The number of ether oxygens (including phenoxy) is 1. The summed E-state index contributed by atoms with van der Waals surface area (Å²) in [7, 11) is 0. The first-order chi connectivity index (χ1) is 11.1. The van der Waals surface area contributed by atoms with Crippen LogP contribution in [0.25, 0.3) is 0 Å². The molecule has 2 amide bonds. The van der Waals surface area contributed by atoms with Crippen molar-refractivity contribution in [2.24, 2.45) is 5.92 Å². The van der Waals surface area contributed by atoms with E-state index in [1.807, 2.05) is 4.90 Å². The minimum Gasteiger partial charge on any atom is -0.378 e. The number of imide groups is 1. The van der Waals surface area contributed by atoms with Gasteiger partial charge in [-0.1, -0.05) is 11.6 Å². The second-order valence-electron chi connectivity index (χ2n) is 5.63. The van der Waals surface area contributed by atoms with E-state index in [0.717, 1.165) is 0 Å². The molecule has 1 aromatic carbocycles. The highest BCUT2D eigenvalue weighted by molar-refractivity contribution is 6.30. The van der Waals surface area contributed by atoms with Gasteiger partial charge in [0.2, 0.25) is 5.91 Å². The quantitative estimate of drug-likeness (QED) is 0.506. The smallest absolute Gasteiger partial charge is 0.260 e. The molecule has 1 aromatic rings. The number of rotatable bonds is 2. The first-order valence-electron chi connectivity index (χ1n) is 7.60. The molecule has 2 saturated heterocycles. The van der Waals surface area contributed by atoms with Crippen molar-refractivity contribution in [3.05, 3.63) is 34.9 Å². The zero-order valence-corrected chi connectivity index (χ0v) is 13.4. The van der Waals surface area contributed by atoms with E-state index in [0.29, 0.717) is 55.7 Å². The van der Waals surface area contributed by atoms with Crippen molar-refractivity contribution in [1.82, 2.24) is 9.80 Å². The molecule has 2 aliphatic rings. The van der Waals surface area contributed by atoms with E-state index >= 15 is 0 Å². The summed E-state index contributed by atoms with van der Waals surface area (Å²) in [5.74, 6) is -0.862. The summed E-state index contributed by atoms with van der Waals surface area (Å²) in [6.45, 7) is 2.71. The van der Waals surface area contributed by atoms with Gasteiger partial charge < -0.3 is 9.64 Å². The lowest BCUT2D eigenvalue weighted by atomic mass is 10.1. The molecule has 1 unspecified atom stereocenters. The number of nitrogens with one attached hydrogen (secondary N) is 1. The summed E-state index contributed by atoms with van der Waals surface area (Å²) in [5.41, 5.74) is 0.432. The molecule has 2 aliphatic heterocycles. The van der Waals surface area contributed by atoms with Gasteiger partial charge in [-0.2, -0.15) is 0 Å². The third kappa shape index (κ3) is 3.23. The van der Waals surface area contributed by atoms with E-state index in [4.69, 9.17) is 21.7 Å². The minimum absolute atomic E-state index is 0.290. The Kier molecular flexibility index (Phi) is 4.63. The van der Waals surface area contributed by atoms with E-state index in [2.05, 4.69) is 0 Å². The van der Waals surface area contributed by atoms with Crippen LogP contribution in [0.1, 0.15) is 16.8 Å². The number of amides is 2. The van der Waals surface area contributed by atoms with E-state index in [1.165, 1.54) is 4.90 Å². The van der Waals surface area contributed by atoms with E-state index in [1.54, 1.807) is 24.3 Å². The Morgan fingerprint density at radius 3 is 2.48 bits per heavy atom. The molecule has 0 spiro atoms. The van der Waals surface area contributed by atoms with E-state index in [9.17, 15) is 9.59 Å². The standard InChI is InChI=1S/C16H18ClN3O3/c17-12-3-1-11(2-4-12)15(21)20-6-5-13(16(20)22)14(18)19-7-9-23-10-8-19/h1-4,13,18H,5-10H2. The van der Waals surface area contributed by atoms with Crippen LogP contribution in [0.15, 0.2) is 24.3 Å². The Bertz CT molecular complexity index is 626. The fourth-order valence-corrected chi connectivity index (χ4v) is 3.03. The predicted molar refractivity (Wildman–Crippen MR) is 85.7 cm³/mol. The molecule has 2 heterocycles. The van der Waals surface area contributed by atoms with Crippen molar-refractivity contribution in [3.63, 3.8) is 0 Å². The molecule has 1 N–H and O–H groups in total. The van der Waals surface area contributed by atoms with Gasteiger partial charge in [0.25, 0.3) is 5.91 Å². The Hall–Kier alpha value is -1.92. The number of nitrogens with zero attached hydrogens (tertiary/aromatic N) is 2. The topological polar surface area (TPSA) is 73.7 Å². The molecule has 23 heavy (non-hydrogen) atoms. The average Bonchev–Trinajstić information content (AvgIpc) is 2.96. The third-order valence-corrected chi connectivity index (χ3v) is 4.48. The molecule has 0 aliphatic carbocycles. The lowest BCUT2D eigenvalue weighted by molar-refractivity contribution is -0.127. The maximum atomic E-state index is 12.6. The van der Waals surface area contributed by atoms with Crippen LogP contribution in [-0.2, 0) is 9.53 Å². The second kappa shape index (κ2) is 6.68.